The fraction of sp³-hybridized carbons (Fsp3) is 0.895. The molecule has 124 valence electrons. The van der Waals surface area contributed by atoms with Gasteiger partial charge in [0.25, 0.3) is 0 Å². The van der Waals surface area contributed by atoms with Gasteiger partial charge < -0.3 is 0 Å². The van der Waals surface area contributed by atoms with Crippen LogP contribution < -0.4 is 0 Å². The van der Waals surface area contributed by atoms with Gasteiger partial charge in [-0.25, -0.2) is 0 Å². The lowest BCUT2D eigenvalue weighted by Crippen LogP contribution is -1.98. The normalized spacial score (nSPS) is 10.8. The van der Waals surface area contributed by atoms with Gasteiger partial charge in [-0.3, -0.25) is 9.59 Å². The van der Waals surface area contributed by atoms with Crippen molar-refractivity contribution in [1.29, 1.82) is 0 Å². The zero-order chi connectivity index (χ0) is 15.8. The Hall–Kier alpha value is -0.660. The number of Topliss-reactive ketones (excluding diaryl/α,β-unsaturated/α-hetero) is 2. The van der Waals surface area contributed by atoms with E-state index in [1.807, 2.05) is 0 Å². The first-order valence-corrected chi connectivity index (χ1v) is 9.24. The van der Waals surface area contributed by atoms with Crippen molar-refractivity contribution in [3.05, 3.63) is 0 Å². The smallest absolute Gasteiger partial charge is 0.132 e. The molecular formula is C19H36O2. The van der Waals surface area contributed by atoms with Crippen molar-refractivity contribution in [2.24, 2.45) is 0 Å². The molecule has 0 saturated carbocycles. The Kier molecular flexibility index (Phi) is 15.2. The Balaban J connectivity index is 3.21. The summed E-state index contributed by atoms with van der Waals surface area (Å²) in [5, 5.41) is 0. The average molecular weight is 296 g/mol. The third kappa shape index (κ3) is 15.5. The van der Waals surface area contributed by atoms with Crippen molar-refractivity contribution < 1.29 is 9.59 Å². The van der Waals surface area contributed by atoms with Gasteiger partial charge in [-0.2, -0.15) is 0 Å². The standard InChI is InChI=1S/C19H36O2/c1-3-5-11-15-19(21)17-13-10-8-7-9-12-16-18(20)14-6-4-2/h3-17H2,1-2H3. The summed E-state index contributed by atoms with van der Waals surface area (Å²) in [6.07, 6.45) is 15.6. The molecule has 0 aromatic carbocycles. The van der Waals surface area contributed by atoms with Crippen molar-refractivity contribution in [3.8, 4) is 0 Å². The topological polar surface area (TPSA) is 34.1 Å². The van der Waals surface area contributed by atoms with Crippen LogP contribution in [0.25, 0.3) is 0 Å². The van der Waals surface area contributed by atoms with Crippen molar-refractivity contribution in [3.63, 3.8) is 0 Å². The van der Waals surface area contributed by atoms with Crippen LogP contribution >= 0.6 is 0 Å². The number of hydrogen-bond acceptors (Lipinski definition) is 2. The largest absolute Gasteiger partial charge is 0.300 e. The van der Waals surface area contributed by atoms with Gasteiger partial charge in [0.05, 0.1) is 0 Å². The number of ketones is 2. The Morgan fingerprint density at radius 1 is 0.476 bits per heavy atom. The van der Waals surface area contributed by atoms with E-state index in [9.17, 15) is 9.59 Å². The van der Waals surface area contributed by atoms with Gasteiger partial charge in [-0.15, -0.1) is 0 Å². The first-order chi connectivity index (χ1) is 10.2. The summed E-state index contributed by atoms with van der Waals surface area (Å²) in [5.41, 5.74) is 0. The van der Waals surface area contributed by atoms with E-state index in [0.29, 0.717) is 11.6 Å². The van der Waals surface area contributed by atoms with E-state index in [-0.39, 0.29) is 0 Å². The van der Waals surface area contributed by atoms with Crippen LogP contribution in [-0.4, -0.2) is 11.6 Å². The molecule has 0 fully saturated rings. The second-order valence-electron chi connectivity index (χ2n) is 6.26. The Labute approximate surface area is 132 Å². The van der Waals surface area contributed by atoms with Crippen LogP contribution in [0, 0.1) is 0 Å². The molecule has 0 aliphatic rings. The van der Waals surface area contributed by atoms with E-state index in [0.717, 1.165) is 57.8 Å². The van der Waals surface area contributed by atoms with E-state index >= 15 is 0 Å². The lowest BCUT2D eigenvalue weighted by Gasteiger charge is -2.03. The molecule has 0 radical (unpaired) electrons. The first-order valence-electron chi connectivity index (χ1n) is 9.24. The fourth-order valence-corrected chi connectivity index (χ4v) is 2.55. The molecule has 0 aromatic rings. The van der Waals surface area contributed by atoms with Crippen LogP contribution in [-0.2, 0) is 9.59 Å². The predicted molar refractivity (Wildman–Crippen MR) is 90.6 cm³/mol. The second kappa shape index (κ2) is 15.7. The maximum atomic E-state index is 11.6. The number of rotatable bonds is 16. The highest BCUT2D eigenvalue weighted by molar-refractivity contribution is 5.78. The molecule has 0 spiro atoms. The minimum atomic E-state index is 0.439. The van der Waals surface area contributed by atoms with Crippen LogP contribution in [0.15, 0.2) is 0 Å². The third-order valence-corrected chi connectivity index (χ3v) is 4.03. The maximum absolute atomic E-state index is 11.6. The van der Waals surface area contributed by atoms with E-state index in [1.165, 1.54) is 38.5 Å². The summed E-state index contributed by atoms with van der Waals surface area (Å²) in [6, 6.07) is 0. The molecule has 0 saturated heterocycles. The van der Waals surface area contributed by atoms with Crippen LogP contribution in [0.1, 0.15) is 110 Å². The maximum Gasteiger partial charge on any atom is 0.132 e. The van der Waals surface area contributed by atoms with Gasteiger partial charge in [0.2, 0.25) is 0 Å². The first kappa shape index (κ1) is 20.3. The summed E-state index contributed by atoms with van der Waals surface area (Å²) in [5.74, 6) is 0.888. The molecule has 0 rings (SSSR count). The number of hydrogen-bond donors (Lipinski definition) is 0. The molecular weight excluding hydrogens is 260 g/mol. The van der Waals surface area contributed by atoms with Crippen LogP contribution in [0.2, 0.25) is 0 Å². The second-order valence-corrected chi connectivity index (χ2v) is 6.26. The highest BCUT2D eigenvalue weighted by atomic mass is 16.1. The number of carbonyl (C=O) groups excluding carboxylic acids is 2. The molecule has 0 bridgehead atoms. The quantitative estimate of drug-likeness (QED) is 0.326. The van der Waals surface area contributed by atoms with E-state index in [4.69, 9.17) is 0 Å². The Bertz CT molecular complexity index is 258. The highest BCUT2D eigenvalue weighted by Crippen LogP contribution is 2.11. The van der Waals surface area contributed by atoms with Gasteiger partial charge in [0, 0.05) is 25.7 Å². The summed E-state index contributed by atoms with van der Waals surface area (Å²) in [7, 11) is 0. The zero-order valence-corrected chi connectivity index (χ0v) is 14.4. The molecule has 0 aliphatic carbocycles. The Morgan fingerprint density at radius 2 is 0.810 bits per heavy atom. The van der Waals surface area contributed by atoms with Gasteiger partial charge in [-0.05, 0) is 25.7 Å². The van der Waals surface area contributed by atoms with Gasteiger partial charge in [0.15, 0.2) is 0 Å². The molecule has 0 heterocycles. The van der Waals surface area contributed by atoms with Crippen LogP contribution in [0.5, 0.6) is 0 Å². The molecule has 0 aromatic heterocycles. The summed E-state index contributed by atoms with van der Waals surface area (Å²) >= 11 is 0. The molecule has 0 atom stereocenters. The van der Waals surface area contributed by atoms with E-state index < -0.39 is 0 Å². The minimum absolute atomic E-state index is 0.439. The lowest BCUT2D eigenvalue weighted by molar-refractivity contribution is -0.120. The van der Waals surface area contributed by atoms with Gasteiger partial charge in [0.1, 0.15) is 11.6 Å². The minimum Gasteiger partial charge on any atom is -0.300 e. The van der Waals surface area contributed by atoms with Gasteiger partial charge in [-0.1, -0.05) is 58.8 Å². The highest BCUT2D eigenvalue weighted by Gasteiger charge is 2.02. The molecule has 2 heteroatoms. The third-order valence-electron chi connectivity index (χ3n) is 4.03. The molecule has 2 nitrogen and oxygen atoms in total. The van der Waals surface area contributed by atoms with Crippen molar-refractivity contribution in [1.82, 2.24) is 0 Å². The van der Waals surface area contributed by atoms with Gasteiger partial charge >= 0.3 is 0 Å². The molecule has 0 unspecified atom stereocenters. The zero-order valence-electron chi connectivity index (χ0n) is 14.4. The summed E-state index contributed by atoms with van der Waals surface area (Å²) in [4.78, 5) is 23.1. The molecule has 0 aliphatic heterocycles. The molecule has 21 heavy (non-hydrogen) atoms. The number of carbonyl (C=O) groups is 2. The lowest BCUT2D eigenvalue weighted by atomic mass is 10.0. The van der Waals surface area contributed by atoms with Crippen molar-refractivity contribution >= 4 is 11.6 Å². The summed E-state index contributed by atoms with van der Waals surface area (Å²) < 4.78 is 0. The van der Waals surface area contributed by atoms with Crippen LogP contribution in [0.4, 0.5) is 0 Å². The monoisotopic (exact) mass is 296 g/mol. The SMILES string of the molecule is CCCCCC(=O)CCCCCCCCC(=O)CCCC. The van der Waals surface area contributed by atoms with Crippen molar-refractivity contribution in [2.45, 2.75) is 110 Å². The summed E-state index contributed by atoms with van der Waals surface area (Å²) in [6.45, 7) is 4.30. The van der Waals surface area contributed by atoms with Crippen molar-refractivity contribution in [2.75, 3.05) is 0 Å². The van der Waals surface area contributed by atoms with E-state index in [2.05, 4.69) is 13.8 Å². The van der Waals surface area contributed by atoms with Crippen LogP contribution in [0.3, 0.4) is 0 Å². The number of unbranched alkanes of at least 4 members (excludes halogenated alkanes) is 8. The predicted octanol–water partition coefficient (Wildman–Crippen LogP) is 6.02. The molecule has 0 N–H and O–H groups in total. The molecule has 0 amide bonds. The Morgan fingerprint density at radius 3 is 1.24 bits per heavy atom. The fourth-order valence-electron chi connectivity index (χ4n) is 2.55. The van der Waals surface area contributed by atoms with E-state index in [1.54, 1.807) is 0 Å². The average Bonchev–Trinajstić information content (AvgIpc) is 2.48.